The monoisotopic (exact) mass is 1080 g/mol. The van der Waals surface area contributed by atoms with Gasteiger partial charge in [0.25, 0.3) is 0 Å². The molecule has 0 amide bonds. The van der Waals surface area contributed by atoms with Gasteiger partial charge in [-0.05, 0) is 91.2 Å². The summed E-state index contributed by atoms with van der Waals surface area (Å²) in [4.78, 5) is 9.59. The minimum atomic E-state index is -4.62. The first-order valence-electron chi connectivity index (χ1n) is 36.5. The van der Waals surface area contributed by atoms with Gasteiger partial charge < -0.3 is 5.11 Å². The molecule has 0 atom stereocenters. The van der Waals surface area contributed by atoms with Gasteiger partial charge in [0.15, 0.2) is 0 Å². The Hall–Kier alpha value is -5.57. The molecule has 0 spiro atoms. The molecule has 0 saturated carbocycles. The largest absolute Gasteiger partial charge is 0.507 e. The van der Waals surface area contributed by atoms with E-state index in [9.17, 15) is 10.6 Å². The minimum Gasteiger partial charge on any atom is -0.507 e. The zero-order valence-electron chi connectivity index (χ0n) is 68.8. The van der Waals surface area contributed by atoms with Crippen LogP contribution in [0.15, 0.2) is 133 Å². The summed E-state index contributed by atoms with van der Waals surface area (Å²) < 4.78 is 284. The molecule has 1 N–H and O–H groups in total. The number of phenols is 1. The summed E-state index contributed by atoms with van der Waals surface area (Å²) in [5.74, 6) is -6.08. The van der Waals surface area contributed by atoms with E-state index in [-0.39, 0.29) is 82.4 Å². The van der Waals surface area contributed by atoms with E-state index in [0.29, 0.717) is 11.1 Å². The van der Waals surface area contributed by atoms with Crippen LogP contribution in [0.2, 0.25) is 0 Å². The van der Waals surface area contributed by atoms with Gasteiger partial charge in [-0.1, -0.05) is 192 Å². The van der Waals surface area contributed by atoms with Crippen molar-refractivity contribution in [3.8, 4) is 67.5 Å². The van der Waals surface area contributed by atoms with Crippen molar-refractivity contribution in [2.24, 2.45) is 0 Å². The van der Waals surface area contributed by atoms with E-state index in [4.69, 9.17) is 43.4 Å². The van der Waals surface area contributed by atoms with E-state index >= 15 is 0 Å². The Labute approximate surface area is 453 Å². The van der Waals surface area contributed by atoms with Crippen LogP contribution in [0, 0.1) is 6.07 Å². The van der Waals surface area contributed by atoms with Gasteiger partial charge in [0, 0.05) is 78.4 Å². The van der Waals surface area contributed by atoms with Crippen molar-refractivity contribution in [3.05, 3.63) is 167 Å². The Balaban J connectivity index is 0.0000135. The van der Waals surface area contributed by atoms with E-state index in [1.54, 1.807) is 32.9 Å². The van der Waals surface area contributed by atoms with Gasteiger partial charge in [-0.2, -0.15) is 0 Å². The topological polar surface area (TPSA) is 50.9 Å². The molecule has 0 unspecified atom stereocenters. The fourth-order valence-corrected chi connectivity index (χ4v) is 7.64. The summed E-state index contributed by atoms with van der Waals surface area (Å²) in [7, 11) is 0. The summed E-state index contributed by atoms with van der Waals surface area (Å²) in [6.45, 7) is -22.9. The average molecular weight is 1080 g/mol. The number of nitrogens with zero attached hydrogens (tertiary/aromatic N) is 3. The zero-order chi connectivity index (χ0) is 73.8. The molecule has 5 heteroatoms. The second kappa shape index (κ2) is 17.9. The third-order valence-electron chi connectivity index (χ3n) is 11.1. The van der Waals surface area contributed by atoms with E-state index in [1.165, 1.54) is 79.0 Å². The van der Waals surface area contributed by atoms with Gasteiger partial charge >= 0.3 is 0 Å². The van der Waals surface area contributed by atoms with Gasteiger partial charge in [-0.15, -0.1) is 29.3 Å². The number of hydrogen-bond donors (Lipinski definition) is 1. The molecular weight excluding hydrogens is 986 g/mol. The molecule has 0 aliphatic rings. The molecule has 8 rings (SSSR count). The summed E-state index contributed by atoms with van der Waals surface area (Å²) in [5, 5.41) is 13.3. The predicted octanol–water partition coefficient (Wildman–Crippen LogP) is 16.6. The summed E-state index contributed by atoms with van der Waals surface area (Å²) in [6, 6.07) is 15.8. The van der Waals surface area contributed by atoms with Crippen LogP contribution in [0.5, 0.6) is 5.75 Å². The minimum absolute atomic E-state index is 0. The predicted molar refractivity (Wildman–Crippen MR) is 275 cm³/mol. The van der Waals surface area contributed by atoms with Crippen molar-refractivity contribution >= 4 is 11.0 Å². The molecule has 2 heterocycles. The van der Waals surface area contributed by atoms with E-state index in [0.717, 1.165) is 4.57 Å². The number of aromatic hydroxyl groups is 1. The van der Waals surface area contributed by atoms with Crippen LogP contribution in [-0.2, 0) is 42.7 Å². The Morgan fingerprint density at radius 2 is 1.35 bits per heavy atom. The summed E-state index contributed by atoms with van der Waals surface area (Å²) >= 11 is 0. The Bertz CT molecular complexity index is 4240. The van der Waals surface area contributed by atoms with Gasteiger partial charge in [-0.3, -0.25) is 9.55 Å². The zero-order valence-corrected chi connectivity index (χ0v) is 39.0. The molecule has 2 aromatic heterocycles. The van der Waals surface area contributed by atoms with Crippen LogP contribution in [-0.4, -0.2) is 19.6 Å². The van der Waals surface area contributed by atoms with Gasteiger partial charge in [0.2, 0.25) is 0 Å². The fraction of sp³-hybridized carbons (Fsp3) is 0.311. The molecule has 342 valence electrons. The second-order valence-electron chi connectivity index (χ2n) is 17.9. The van der Waals surface area contributed by atoms with E-state index in [2.05, 4.69) is 11.1 Å². The maximum atomic E-state index is 13.3. The number of fused-ring (bicyclic) bond motifs is 1. The van der Waals surface area contributed by atoms with Crippen LogP contribution in [0.3, 0.4) is 0 Å². The standard InChI is InChI=1S/C61H66N3O.Pt/c1-38(2)46-23-18-19-24-47(46)40-29-30-62-52(34-40)42-31-41(32-44(33-42)59(6,7)8)48-25-20-26-54-55(48)63-57(50-36-45(60(9,10)11)37-51(56(50)65)61(12,13)14)64(54)53-28-27-43(58(3,4)5)35-49(53)39-21-16-15-17-22-39;/h15-30,32-38,65H,1-14H3;/q-1;/i1D3,2D3,9D3,10D3,11D3,12D3,13D3,14D3,15D,16D,17D,21D,22D,36D,37D,38D;. The molecular formula is C61H66N3OPt-. The maximum absolute atomic E-state index is 13.3. The van der Waals surface area contributed by atoms with Gasteiger partial charge in [0.05, 0.1) is 31.9 Å². The van der Waals surface area contributed by atoms with E-state index < -0.39 is 158 Å². The molecule has 0 fully saturated rings. The number of phenolic OH excluding ortho intramolecular Hbond substituents is 1. The van der Waals surface area contributed by atoms with Gasteiger partial charge in [-0.25, -0.2) is 4.98 Å². The first-order chi connectivity index (χ1) is 43.7. The Kier molecular flexibility index (Phi) is 5.98. The van der Waals surface area contributed by atoms with Gasteiger partial charge in [0.1, 0.15) is 11.6 Å². The fourth-order valence-electron chi connectivity index (χ4n) is 7.64. The molecule has 6 aromatic carbocycles. The quantitative estimate of drug-likeness (QED) is 0.162. The smallest absolute Gasteiger partial charge is 0.148 e. The molecule has 0 aliphatic carbocycles. The Morgan fingerprint density at radius 1 is 0.652 bits per heavy atom. The van der Waals surface area contributed by atoms with Crippen LogP contribution >= 0.6 is 0 Å². The van der Waals surface area contributed by atoms with Crippen molar-refractivity contribution in [1.29, 1.82) is 0 Å². The first-order valence-corrected chi connectivity index (χ1v) is 20.5. The molecule has 0 radical (unpaired) electrons. The molecule has 0 bridgehead atoms. The average Bonchev–Trinajstić information content (AvgIpc) is 0.773. The third-order valence-corrected chi connectivity index (χ3v) is 11.1. The normalized spacial score (nSPS) is 21.2. The van der Waals surface area contributed by atoms with E-state index in [1.807, 2.05) is 20.8 Å². The Morgan fingerprint density at radius 3 is 2.05 bits per heavy atom. The van der Waals surface area contributed by atoms with Crippen LogP contribution < -0.4 is 0 Å². The van der Waals surface area contributed by atoms with Crippen molar-refractivity contribution in [2.75, 3.05) is 0 Å². The maximum Gasteiger partial charge on any atom is 0.148 e. The van der Waals surface area contributed by atoms with Crippen molar-refractivity contribution < 1.29 is 70.0 Å². The number of para-hydroxylation sites is 1. The third kappa shape index (κ3) is 9.50. The summed E-state index contributed by atoms with van der Waals surface area (Å²) in [5.41, 5.74) is -16.7. The van der Waals surface area contributed by atoms with Crippen LogP contribution in [0.4, 0.5) is 0 Å². The second-order valence-corrected chi connectivity index (χ2v) is 17.9. The van der Waals surface area contributed by atoms with Crippen molar-refractivity contribution in [2.45, 2.75) is 124 Å². The molecule has 8 aromatic rings. The number of imidazole rings is 1. The SMILES string of the molecule is [2H]c1c([2H])c([2H])c(-c2cc(C(C)(C)C)ccc2-n2c(-c3c([2H])c(C(C([2H])([2H])[2H])(C([2H])([2H])[2H])C([2H])([2H])[2H])c([2H])c(C(C([2H])([2H])[2H])(C([2H])([2H])[2H])C([2H])([2H])[2H])c3O)nc3c(-c4[c-]c(-c5cc(-c6ccccc6C([2H])(C([2H])([2H])[2H])C([2H])([2H])[2H])ccn5)cc(C(C)(C)C)c4)cccc32)c([2H])c1[2H].[Pt]. The number of benzene rings is 6. The number of aromatic nitrogens is 3. The molecule has 66 heavy (non-hydrogen) atoms. The summed E-state index contributed by atoms with van der Waals surface area (Å²) in [6.07, 6.45) is 1.34. The number of hydrogen-bond acceptors (Lipinski definition) is 3. The van der Waals surface area contributed by atoms with Crippen molar-refractivity contribution in [1.82, 2.24) is 14.5 Å². The molecule has 4 nitrogen and oxygen atoms in total. The van der Waals surface area contributed by atoms with Crippen molar-refractivity contribution in [3.63, 3.8) is 0 Å². The number of rotatable bonds is 7. The first kappa shape index (κ1) is 22.0. The molecule has 0 saturated heterocycles. The van der Waals surface area contributed by atoms with Crippen LogP contribution in [0.25, 0.3) is 72.7 Å². The number of pyridine rings is 1. The molecule has 0 aliphatic heterocycles. The van der Waals surface area contributed by atoms with Crippen LogP contribution in [0.1, 0.15) is 174 Å².